The van der Waals surface area contributed by atoms with Gasteiger partial charge in [-0.25, -0.2) is 4.68 Å². The van der Waals surface area contributed by atoms with Gasteiger partial charge in [0.15, 0.2) is 0 Å². The van der Waals surface area contributed by atoms with Crippen LogP contribution >= 0.6 is 0 Å². The van der Waals surface area contributed by atoms with Crippen LogP contribution in [0.2, 0.25) is 0 Å². The lowest BCUT2D eigenvalue weighted by molar-refractivity contribution is -0.126. The van der Waals surface area contributed by atoms with Gasteiger partial charge in [0, 0.05) is 38.2 Å². The summed E-state index contributed by atoms with van der Waals surface area (Å²) in [5.74, 6) is 1.74. The molecule has 0 aromatic carbocycles. The largest absolute Gasteiger partial charge is 0.355 e. The molecule has 0 radical (unpaired) electrons. The van der Waals surface area contributed by atoms with Gasteiger partial charge in [0.1, 0.15) is 5.82 Å². The Bertz CT molecular complexity index is 634. The Labute approximate surface area is 143 Å². The number of carbonyl (C=O) groups is 1. The van der Waals surface area contributed by atoms with Crippen LogP contribution in [-0.2, 0) is 11.8 Å². The van der Waals surface area contributed by atoms with Crippen molar-refractivity contribution in [2.45, 2.75) is 51.5 Å². The monoisotopic (exact) mass is 332 g/mol. The van der Waals surface area contributed by atoms with E-state index >= 15 is 0 Å². The van der Waals surface area contributed by atoms with E-state index in [9.17, 15) is 9.59 Å². The quantitative estimate of drug-likeness (QED) is 0.915. The zero-order valence-corrected chi connectivity index (χ0v) is 14.7. The van der Waals surface area contributed by atoms with E-state index in [-0.39, 0.29) is 17.4 Å². The van der Waals surface area contributed by atoms with Crippen molar-refractivity contribution in [3.8, 4) is 0 Å². The number of amides is 1. The molecule has 1 aliphatic carbocycles. The smallest absolute Gasteiger partial charge is 0.266 e. The number of nitrogens with zero attached hydrogens (tertiary/aromatic N) is 3. The first-order chi connectivity index (χ1) is 11.5. The topological polar surface area (TPSA) is 67.2 Å². The molecule has 3 rings (SSSR count). The Hall–Kier alpha value is -1.85. The SMILES string of the molecule is C[C@H]1CCCC[C@H]1NC(=O)C1CCN(c2ccc(=O)n(C)n2)CC1. The third-order valence-corrected chi connectivity index (χ3v) is 5.58. The Kier molecular flexibility index (Phi) is 5.21. The van der Waals surface area contributed by atoms with Gasteiger partial charge in [-0.3, -0.25) is 9.59 Å². The van der Waals surface area contributed by atoms with E-state index in [0.29, 0.717) is 12.0 Å². The predicted octanol–water partition coefficient (Wildman–Crippen LogP) is 1.69. The number of piperidine rings is 1. The first-order valence-electron chi connectivity index (χ1n) is 9.14. The molecule has 1 aromatic heterocycles. The van der Waals surface area contributed by atoms with E-state index in [2.05, 4.69) is 22.2 Å². The number of anilines is 1. The Morgan fingerprint density at radius 3 is 2.54 bits per heavy atom. The van der Waals surface area contributed by atoms with Gasteiger partial charge in [-0.1, -0.05) is 19.8 Å². The van der Waals surface area contributed by atoms with Crippen LogP contribution in [0.1, 0.15) is 45.4 Å². The van der Waals surface area contributed by atoms with Crippen molar-refractivity contribution in [2.75, 3.05) is 18.0 Å². The second kappa shape index (κ2) is 7.36. The van der Waals surface area contributed by atoms with Crippen LogP contribution < -0.4 is 15.8 Å². The van der Waals surface area contributed by atoms with Crippen LogP contribution in [0.5, 0.6) is 0 Å². The van der Waals surface area contributed by atoms with Crippen LogP contribution in [0.4, 0.5) is 5.82 Å². The lowest BCUT2D eigenvalue weighted by Crippen LogP contribution is -2.47. The zero-order valence-electron chi connectivity index (χ0n) is 14.7. The van der Waals surface area contributed by atoms with Crippen molar-refractivity contribution in [3.05, 3.63) is 22.5 Å². The fourth-order valence-corrected chi connectivity index (χ4v) is 3.86. The summed E-state index contributed by atoms with van der Waals surface area (Å²) in [6.07, 6.45) is 6.55. The standard InChI is InChI=1S/C18H28N4O2/c1-13-5-3-4-6-15(13)19-18(24)14-9-11-22(12-10-14)16-7-8-17(23)21(2)20-16/h7-8,13-15H,3-6,9-12H2,1-2H3,(H,19,24)/t13-,15+/m0/s1. The van der Waals surface area contributed by atoms with Crippen molar-refractivity contribution in [1.82, 2.24) is 15.1 Å². The van der Waals surface area contributed by atoms with Crippen molar-refractivity contribution >= 4 is 11.7 Å². The maximum absolute atomic E-state index is 12.6. The van der Waals surface area contributed by atoms with Gasteiger partial charge < -0.3 is 10.2 Å². The lowest BCUT2D eigenvalue weighted by Gasteiger charge is -2.34. The molecule has 2 atom stereocenters. The molecule has 24 heavy (non-hydrogen) atoms. The van der Waals surface area contributed by atoms with E-state index in [1.165, 1.54) is 23.9 Å². The first kappa shape index (κ1) is 17.0. The summed E-state index contributed by atoms with van der Waals surface area (Å²) in [5, 5.41) is 7.59. The van der Waals surface area contributed by atoms with Crippen LogP contribution in [0.3, 0.4) is 0 Å². The first-order valence-corrected chi connectivity index (χ1v) is 9.14. The van der Waals surface area contributed by atoms with Gasteiger partial charge in [0.25, 0.3) is 5.56 Å². The number of carbonyl (C=O) groups excluding carboxylic acids is 1. The van der Waals surface area contributed by atoms with E-state index in [0.717, 1.165) is 38.2 Å². The normalized spacial score (nSPS) is 25.5. The van der Waals surface area contributed by atoms with Crippen LogP contribution in [0.25, 0.3) is 0 Å². The molecule has 0 unspecified atom stereocenters. The number of aromatic nitrogens is 2. The summed E-state index contributed by atoms with van der Waals surface area (Å²) < 4.78 is 1.36. The molecule has 1 N–H and O–H groups in total. The molecule has 1 saturated carbocycles. The van der Waals surface area contributed by atoms with Gasteiger partial charge in [-0.05, 0) is 37.7 Å². The number of nitrogens with one attached hydrogen (secondary N) is 1. The van der Waals surface area contributed by atoms with E-state index < -0.39 is 0 Å². The van der Waals surface area contributed by atoms with E-state index in [4.69, 9.17) is 0 Å². The van der Waals surface area contributed by atoms with Crippen molar-refractivity contribution in [1.29, 1.82) is 0 Å². The number of aryl methyl sites for hydroxylation is 1. The number of hydrogen-bond donors (Lipinski definition) is 1. The molecule has 1 amide bonds. The molecule has 0 bridgehead atoms. The highest BCUT2D eigenvalue weighted by Crippen LogP contribution is 2.26. The Morgan fingerprint density at radius 1 is 1.17 bits per heavy atom. The maximum Gasteiger partial charge on any atom is 0.266 e. The zero-order chi connectivity index (χ0) is 17.1. The van der Waals surface area contributed by atoms with Crippen LogP contribution in [0, 0.1) is 11.8 Å². The minimum atomic E-state index is -0.102. The van der Waals surface area contributed by atoms with Gasteiger partial charge in [0.2, 0.25) is 5.91 Å². The third kappa shape index (κ3) is 3.79. The minimum Gasteiger partial charge on any atom is -0.355 e. The second-order valence-electron chi connectivity index (χ2n) is 7.29. The Morgan fingerprint density at radius 2 is 1.88 bits per heavy atom. The highest BCUT2D eigenvalue weighted by atomic mass is 16.2. The highest BCUT2D eigenvalue weighted by Gasteiger charge is 2.29. The summed E-state index contributed by atoms with van der Waals surface area (Å²) in [6.45, 7) is 3.87. The van der Waals surface area contributed by atoms with Crippen LogP contribution in [0.15, 0.2) is 16.9 Å². The second-order valence-corrected chi connectivity index (χ2v) is 7.29. The molecule has 1 saturated heterocycles. The van der Waals surface area contributed by atoms with Crippen LogP contribution in [-0.4, -0.2) is 34.8 Å². The molecule has 6 heteroatoms. The Balaban J connectivity index is 1.53. The average molecular weight is 332 g/mol. The molecule has 132 valence electrons. The lowest BCUT2D eigenvalue weighted by atomic mass is 9.85. The van der Waals surface area contributed by atoms with Gasteiger partial charge in [-0.15, -0.1) is 0 Å². The van der Waals surface area contributed by atoms with Gasteiger partial charge in [0.05, 0.1) is 0 Å². The molecular formula is C18H28N4O2. The number of hydrogen-bond acceptors (Lipinski definition) is 4. The maximum atomic E-state index is 12.6. The van der Waals surface area contributed by atoms with E-state index in [1.54, 1.807) is 19.2 Å². The van der Waals surface area contributed by atoms with E-state index in [1.807, 2.05) is 0 Å². The predicted molar refractivity (Wildman–Crippen MR) is 94.0 cm³/mol. The molecular weight excluding hydrogens is 304 g/mol. The summed E-state index contributed by atoms with van der Waals surface area (Å²) in [6, 6.07) is 3.67. The molecule has 2 aliphatic rings. The molecule has 2 fully saturated rings. The van der Waals surface area contributed by atoms with Gasteiger partial charge >= 0.3 is 0 Å². The molecule has 0 spiro atoms. The molecule has 1 aromatic rings. The number of rotatable bonds is 3. The minimum absolute atomic E-state index is 0.0999. The fourth-order valence-electron chi connectivity index (χ4n) is 3.86. The molecule has 1 aliphatic heterocycles. The van der Waals surface area contributed by atoms with Crippen molar-refractivity contribution in [3.63, 3.8) is 0 Å². The molecule has 6 nitrogen and oxygen atoms in total. The molecule has 2 heterocycles. The summed E-state index contributed by atoms with van der Waals surface area (Å²) in [4.78, 5) is 26.2. The summed E-state index contributed by atoms with van der Waals surface area (Å²) in [7, 11) is 1.66. The highest BCUT2D eigenvalue weighted by molar-refractivity contribution is 5.79. The van der Waals surface area contributed by atoms with Crippen molar-refractivity contribution < 1.29 is 4.79 Å². The van der Waals surface area contributed by atoms with Crippen molar-refractivity contribution in [2.24, 2.45) is 18.9 Å². The fraction of sp³-hybridized carbons (Fsp3) is 0.722. The summed E-state index contributed by atoms with van der Waals surface area (Å²) >= 11 is 0. The van der Waals surface area contributed by atoms with Gasteiger partial charge in [-0.2, -0.15) is 5.10 Å². The summed E-state index contributed by atoms with van der Waals surface area (Å²) in [5.41, 5.74) is -0.102. The third-order valence-electron chi connectivity index (χ3n) is 5.58. The average Bonchev–Trinajstić information content (AvgIpc) is 2.59.